The molecule has 0 unspecified atom stereocenters. The normalized spacial score (nSPS) is 28.0. The molecule has 3 N–H and O–H groups in total. The molecule has 1 amide bonds. The number of ether oxygens (including phenoxy) is 3. The molecule has 2 heterocycles. The zero-order valence-electron chi connectivity index (χ0n) is 13.4. The van der Waals surface area contributed by atoms with Crippen LogP contribution in [0.2, 0.25) is 0 Å². The fraction of sp³-hybridized carbons (Fsp3) is 0.500. The molecular weight excluding hydrogens is 330 g/mol. The highest BCUT2D eigenvalue weighted by Gasteiger charge is 2.49. The number of para-hydroxylation sites is 1. The van der Waals surface area contributed by atoms with Crippen LogP contribution in [0.5, 0.6) is 0 Å². The maximum absolute atomic E-state index is 11.6. The zero-order valence-corrected chi connectivity index (χ0v) is 14.2. The number of fused-ring (bicyclic) bond motifs is 1. The molecule has 3 rings (SSSR count). The summed E-state index contributed by atoms with van der Waals surface area (Å²) in [6, 6.07) is 9.60. The van der Waals surface area contributed by atoms with Crippen molar-refractivity contribution >= 4 is 29.1 Å². The highest BCUT2D eigenvalue weighted by atomic mass is 32.1. The van der Waals surface area contributed by atoms with Crippen LogP contribution in [-0.2, 0) is 14.2 Å². The van der Waals surface area contributed by atoms with Gasteiger partial charge in [0.1, 0.15) is 12.2 Å². The molecule has 8 heteroatoms. The monoisotopic (exact) mass is 351 g/mol. The molecule has 0 aliphatic carbocycles. The van der Waals surface area contributed by atoms with E-state index in [1.165, 1.54) is 0 Å². The number of nitrogens with one attached hydrogen (secondary N) is 3. The second-order valence-corrected chi connectivity index (χ2v) is 6.05. The molecule has 1 aromatic carbocycles. The molecule has 4 atom stereocenters. The Morgan fingerprint density at radius 3 is 2.75 bits per heavy atom. The van der Waals surface area contributed by atoms with Gasteiger partial charge in [0.25, 0.3) is 0 Å². The first-order chi connectivity index (χ1) is 11.7. The van der Waals surface area contributed by atoms with Crippen molar-refractivity contribution in [3.63, 3.8) is 0 Å². The number of thiocarbonyl (C=S) groups is 1. The lowest BCUT2D eigenvalue weighted by Crippen LogP contribution is -2.46. The van der Waals surface area contributed by atoms with E-state index in [0.29, 0.717) is 24.9 Å². The Morgan fingerprint density at radius 2 is 2.00 bits per heavy atom. The van der Waals surface area contributed by atoms with Crippen molar-refractivity contribution in [1.82, 2.24) is 10.6 Å². The summed E-state index contributed by atoms with van der Waals surface area (Å²) in [5.41, 5.74) is 0.912. The molecule has 2 fully saturated rings. The van der Waals surface area contributed by atoms with Gasteiger partial charge in [-0.3, -0.25) is 0 Å². The third-order valence-corrected chi connectivity index (χ3v) is 4.16. The lowest BCUT2D eigenvalue weighted by atomic mass is 10.1. The summed E-state index contributed by atoms with van der Waals surface area (Å²) >= 11 is 5.34. The van der Waals surface area contributed by atoms with Crippen molar-refractivity contribution < 1.29 is 19.0 Å². The second kappa shape index (κ2) is 7.78. The van der Waals surface area contributed by atoms with Gasteiger partial charge in [-0.2, -0.15) is 0 Å². The zero-order chi connectivity index (χ0) is 16.9. The number of benzene rings is 1. The first-order valence-corrected chi connectivity index (χ1v) is 8.38. The molecule has 2 aliphatic rings. The van der Waals surface area contributed by atoms with E-state index in [9.17, 15) is 4.79 Å². The summed E-state index contributed by atoms with van der Waals surface area (Å²) in [7, 11) is 0. The van der Waals surface area contributed by atoms with Gasteiger partial charge < -0.3 is 30.2 Å². The van der Waals surface area contributed by atoms with Gasteiger partial charge in [-0.25, -0.2) is 4.79 Å². The lowest BCUT2D eigenvalue weighted by molar-refractivity contribution is 0.00425. The summed E-state index contributed by atoms with van der Waals surface area (Å²) in [5, 5.41) is 9.45. The van der Waals surface area contributed by atoms with E-state index in [1.54, 1.807) is 0 Å². The molecule has 0 aromatic heterocycles. The van der Waals surface area contributed by atoms with Gasteiger partial charge in [-0.1, -0.05) is 18.2 Å². The first kappa shape index (κ1) is 16.9. The number of alkyl carbamates (subject to hydrolysis) is 1. The number of anilines is 1. The topological polar surface area (TPSA) is 80.9 Å². The second-order valence-electron chi connectivity index (χ2n) is 5.64. The van der Waals surface area contributed by atoms with E-state index >= 15 is 0 Å². The van der Waals surface area contributed by atoms with Crippen LogP contribution in [-0.4, -0.2) is 55.3 Å². The van der Waals surface area contributed by atoms with Crippen molar-refractivity contribution in [2.75, 3.05) is 25.1 Å². The molecule has 0 spiro atoms. The van der Waals surface area contributed by atoms with Crippen molar-refractivity contribution in [2.45, 2.75) is 31.3 Å². The van der Waals surface area contributed by atoms with Gasteiger partial charge in [0.15, 0.2) is 11.2 Å². The van der Waals surface area contributed by atoms with Crippen LogP contribution in [0.25, 0.3) is 0 Å². The van der Waals surface area contributed by atoms with Crippen molar-refractivity contribution in [3.8, 4) is 0 Å². The summed E-state index contributed by atoms with van der Waals surface area (Å²) in [6.07, 6.45) is -1.32. The van der Waals surface area contributed by atoms with Crippen LogP contribution in [0.1, 0.15) is 6.92 Å². The number of hydrogen-bond acceptors (Lipinski definition) is 5. The molecule has 1 aromatic rings. The third-order valence-electron chi connectivity index (χ3n) is 3.94. The number of carbonyl (C=O) groups excluding carboxylic acids is 1. The minimum atomic E-state index is -0.451. The maximum Gasteiger partial charge on any atom is 0.407 e. The largest absolute Gasteiger partial charge is 0.441 e. The van der Waals surface area contributed by atoms with Crippen molar-refractivity contribution in [3.05, 3.63) is 30.3 Å². The highest BCUT2D eigenvalue weighted by molar-refractivity contribution is 7.80. The number of rotatable bonds is 4. The number of carbonyl (C=O) groups is 1. The molecular formula is C16H21N3O4S. The Bertz CT molecular complexity index is 586. The van der Waals surface area contributed by atoms with E-state index in [1.807, 2.05) is 37.3 Å². The van der Waals surface area contributed by atoms with Gasteiger partial charge in [-0.05, 0) is 31.3 Å². The van der Waals surface area contributed by atoms with E-state index in [0.717, 1.165) is 5.69 Å². The van der Waals surface area contributed by atoms with Crippen LogP contribution in [0, 0.1) is 0 Å². The highest BCUT2D eigenvalue weighted by Crippen LogP contribution is 2.29. The third kappa shape index (κ3) is 3.95. The molecule has 0 bridgehead atoms. The van der Waals surface area contributed by atoms with Crippen molar-refractivity contribution in [2.24, 2.45) is 0 Å². The predicted octanol–water partition coefficient (Wildman–Crippen LogP) is 1.25. The van der Waals surface area contributed by atoms with Gasteiger partial charge in [0.05, 0.1) is 19.3 Å². The molecule has 2 saturated heterocycles. The molecule has 7 nitrogen and oxygen atoms in total. The summed E-state index contributed by atoms with van der Waals surface area (Å²) in [4.78, 5) is 11.6. The molecule has 2 aliphatic heterocycles. The first-order valence-electron chi connectivity index (χ1n) is 7.97. The quantitative estimate of drug-likeness (QED) is 0.705. The van der Waals surface area contributed by atoms with E-state index in [-0.39, 0.29) is 18.2 Å². The summed E-state index contributed by atoms with van der Waals surface area (Å²) in [6.45, 7) is 3.12. The van der Waals surface area contributed by atoms with Crippen LogP contribution < -0.4 is 16.0 Å². The van der Waals surface area contributed by atoms with Gasteiger partial charge in [0.2, 0.25) is 0 Å². The number of amides is 1. The average Bonchev–Trinajstić information content (AvgIpc) is 3.13. The van der Waals surface area contributed by atoms with Crippen molar-refractivity contribution in [1.29, 1.82) is 0 Å². The molecule has 0 saturated carbocycles. The minimum Gasteiger partial charge on any atom is -0.441 e. The van der Waals surface area contributed by atoms with Gasteiger partial charge in [-0.15, -0.1) is 0 Å². The standard InChI is InChI=1S/C16H21N3O4S/c1-2-17-16(20)23-12-9-22-13-11(8-21-14(12)13)19-15(24)18-10-6-4-3-5-7-10/h3-7,11-14H,2,8-9H2,1H3,(H,17,20)(H2,18,19,24)/t11-,12+,13+,14+/m0/s1. The van der Waals surface area contributed by atoms with E-state index in [2.05, 4.69) is 16.0 Å². The molecule has 130 valence electrons. The lowest BCUT2D eigenvalue weighted by Gasteiger charge is -2.19. The summed E-state index contributed by atoms with van der Waals surface area (Å²) in [5.74, 6) is 0. The Balaban J connectivity index is 1.51. The fourth-order valence-electron chi connectivity index (χ4n) is 2.87. The van der Waals surface area contributed by atoms with Crippen LogP contribution in [0.15, 0.2) is 30.3 Å². The predicted molar refractivity (Wildman–Crippen MR) is 93.0 cm³/mol. The Labute approximate surface area is 146 Å². The van der Waals surface area contributed by atoms with E-state index < -0.39 is 12.2 Å². The van der Waals surface area contributed by atoms with E-state index in [4.69, 9.17) is 26.4 Å². The fourth-order valence-corrected chi connectivity index (χ4v) is 3.14. The van der Waals surface area contributed by atoms with Crippen LogP contribution in [0.4, 0.5) is 10.5 Å². The van der Waals surface area contributed by atoms with Crippen LogP contribution >= 0.6 is 12.2 Å². The molecule has 0 radical (unpaired) electrons. The van der Waals surface area contributed by atoms with Gasteiger partial charge >= 0.3 is 6.09 Å². The summed E-state index contributed by atoms with van der Waals surface area (Å²) < 4.78 is 16.8. The SMILES string of the molecule is CCNC(=O)O[C@@H]1CO[C@H]2[C@@H]1OC[C@@H]2NC(=S)Nc1ccccc1. The Kier molecular flexibility index (Phi) is 5.49. The number of hydrogen-bond donors (Lipinski definition) is 3. The van der Waals surface area contributed by atoms with Gasteiger partial charge in [0, 0.05) is 12.2 Å². The smallest absolute Gasteiger partial charge is 0.407 e. The minimum absolute atomic E-state index is 0.0819. The Morgan fingerprint density at radius 1 is 1.25 bits per heavy atom. The average molecular weight is 351 g/mol. The molecule has 24 heavy (non-hydrogen) atoms. The maximum atomic E-state index is 11.6. The Hall–Kier alpha value is -1.90. The van der Waals surface area contributed by atoms with Crippen LogP contribution in [0.3, 0.4) is 0 Å².